The summed E-state index contributed by atoms with van der Waals surface area (Å²) in [5, 5.41) is 4.19. The largest absolute Gasteiger partial charge is 0.322 e. The Balaban J connectivity index is 1.90. The first-order valence-electron chi connectivity index (χ1n) is 9.18. The van der Waals surface area contributed by atoms with Gasteiger partial charge in [0.1, 0.15) is 0 Å². The highest BCUT2D eigenvalue weighted by Crippen LogP contribution is 2.26. The van der Waals surface area contributed by atoms with E-state index in [9.17, 15) is 13.2 Å². The molecule has 152 valence electrons. The summed E-state index contributed by atoms with van der Waals surface area (Å²) in [5.41, 5.74) is 3.38. The van der Waals surface area contributed by atoms with Crippen LogP contribution in [-0.4, -0.2) is 25.1 Å². The van der Waals surface area contributed by atoms with Crippen molar-refractivity contribution in [3.05, 3.63) is 64.3 Å². The molecule has 0 bridgehead atoms. The van der Waals surface area contributed by atoms with E-state index in [4.69, 9.17) is 11.6 Å². The summed E-state index contributed by atoms with van der Waals surface area (Å²) >= 11 is 6.05. The van der Waals surface area contributed by atoms with E-state index in [2.05, 4.69) is 15.0 Å². The number of halogens is 1. The van der Waals surface area contributed by atoms with Crippen LogP contribution in [0.1, 0.15) is 35.0 Å². The Morgan fingerprint density at radius 1 is 1.10 bits per heavy atom. The predicted molar refractivity (Wildman–Crippen MR) is 118 cm³/mol. The summed E-state index contributed by atoms with van der Waals surface area (Å²) < 4.78 is 26.7. The summed E-state index contributed by atoms with van der Waals surface area (Å²) in [6.45, 7) is 5.33. The molecular formula is C21H22ClN3O3S. The minimum Gasteiger partial charge on any atom is -0.322 e. The first-order valence-corrected chi connectivity index (χ1v) is 11.2. The monoisotopic (exact) mass is 431 g/mol. The fourth-order valence-corrected chi connectivity index (χ4v) is 4.41. The second kappa shape index (κ2) is 8.39. The number of nitrogens with one attached hydrogen (secondary N) is 2. The number of nitrogens with zero attached hydrogens (tertiary/aromatic N) is 1. The standard InChI is InChI=1S/C21H22ClN3O3S/c1-4-10-29(27,28)25-19-7-5-6-18(13(19)2)24-21(26)17-12-15-11-16(22)8-9-20(15)23-14(17)3/h5-9,11-12,25H,4,10H2,1-3H3,(H,24,26). The van der Waals surface area contributed by atoms with Crippen LogP contribution in [0.25, 0.3) is 10.9 Å². The maximum Gasteiger partial charge on any atom is 0.257 e. The van der Waals surface area contributed by atoms with Crippen LogP contribution in [0.4, 0.5) is 11.4 Å². The van der Waals surface area contributed by atoms with Crippen molar-refractivity contribution in [2.45, 2.75) is 27.2 Å². The molecule has 0 aliphatic rings. The van der Waals surface area contributed by atoms with Gasteiger partial charge in [0.15, 0.2) is 0 Å². The van der Waals surface area contributed by atoms with Crippen LogP contribution in [0.3, 0.4) is 0 Å². The number of benzene rings is 2. The number of carbonyl (C=O) groups excluding carboxylic acids is 1. The molecule has 2 N–H and O–H groups in total. The second-order valence-electron chi connectivity index (χ2n) is 6.81. The molecular weight excluding hydrogens is 410 g/mol. The highest BCUT2D eigenvalue weighted by molar-refractivity contribution is 7.92. The molecule has 0 aliphatic carbocycles. The predicted octanol–water partition coefficient (Wildman–Crippen LogP) is 4.91. The van der Waals surface area contributed by atoms with Crippen LogP contribution in [-0.2, 0) is 10.0 Å². The molecule has 0 saturated carbocycles. The Morgan fingerprint density at radius 2 is 1.83 bits per heavy atom. The Hall–Kier alpha value is -2.64. The third-order valence-corrected chi connectivity index (χ3v) is 6.24. The zero-order valence-corrected chi connectivity index (χ0v) is 18.0. The first kappa shape index (κ1) is 21.1. The molecule has 29 heavy (non-hydrogen) atoms. The van der Waals surface area contributed by atoms with Crippen molar-refractivity contribution in [3.63, 3.8) is 0 Å². The average Bonchev–Trinajstić information content (AvgIpc) is 2.64. The number of hydrogen-bond donors (Lipinski definition) is 2. The Bertz CT molecular complexity index is 1190. The number of carbonyl (C=O) groups is 1. The van der Waals surface area contributed by atoms with Crippen LogP contribution in [0, 0.1) is 13.8 Å². The van der Waals surface area contributed by atoms with Crippen molar-refractivity contribution in [3.8, 4) is 0 Å². The number of sulfonamides is 1. The zero-order chi connectivity index (χ0) is 21.2. The van der Waals surface area contributed by atoms with Gasteiger partial charge in [-0.2, -0.15) is 0 Å². The number of aromatic nitrogens is 1. The van der Waals surface area contributed by atoms with Crippen molar-refractivity contribution < 1.29 is 13.2 Å². The summed E-state index contributed by atoms with van der Waals surface area (Å²) in [4.78, 5) is 17.4. The molecule has 0 unspecified atom stereocenters. The van der Waals surface area contributed by atoms with Crippen LogP contribution in [0.15, 0.2) is 42.5 Å². The summed E-state index contributed by atoms with van der Waals surface area (Å²) in [6.07, 6.45) is 0.517. The fourth-order valence-electron chi connectivity index (χ4n) is 3.03. The number of amides is 1. The molecule has 1 amide bonds. The van der Waals surface area contributed by atoms with Crippen molar-refractivity contribution in [2.75, 3.05) is 15.8 Å². The first-order chi connectivity index (χ1) is 13.7. The lowest BCUT2D eigenvalue weighted by Gasteiger charge is -2.15. The highest BCUT2D eigenvalue weighted by Gasteiger charge is 2.16. The molecule has 0 spiro atoms. The quantitative estimate of drug-likeness (QED) is 0.580. The van der Waals surface area contributed by atoms with E-state index in [1.54, 1.807) is 57.2 Å². The molecule has 0 atom stereocenters. The molecule has 1 aromatic heterocycles. The number of aryl methyl sites for hydroxylation is 1. The fraction of sp³-hybridized carbons (Fsp3) is 0.238. The van der Waals surface area contributed by atoms with Crippen molar-refractivity contribution >= 4 is 49.8 Å². The van der Waals surface area contributed by atoms with E-state index < -0.39 is 10.0 Å². The number of anilines is 2. The molecule has 3 aromatic rings. The van der Waals surface area contributed by atoms with E-state index in [1.807, 2.05) is 6.07 Å². The van der Waals surface area contributed by atoms with Gasteiger partial charge >= 0.3 is 0 Å². The Kier molecular flexibility index (Phi) is 6.10. The van der Waals surface area contributed by atoms with Crippen molar-refractivity contribution in [1.82, 2.24) is 4.98 Å². The van der Waals surface area contributed by atoms with E-state index >= 15 is 0 Å². The van der Waals surface area contributed by atoms with Crippen LogP contribution < -0.4 is 10.0 Å². The number of pyridine rings is 1. The number of rotatable bonds is 6. The van der Waals surface area contributed by atoms with Crippen LogP contribution >= 0.6 is 11.6 Å². The smallest absolute Gasteiger partial charge is 0.257 e. The molecule has 0 saturated heterocycles. The summed E-state index contributed by atoms with van der Waals surface area (Å²) in [7, 11) is -3.42. The van der Waals surface area contributed by atoms with Gasteiger partial charge in [0.05, 0.1) is 28.2 Å². The van der Waals surface area contributed by atoms with Gasteiger partial charge in [-0.3, -0.25) is 14.5 Å². The lowest BCUT2D eigenvalue weighted by Crippen LogP contribution is -2.18. The van der Waals surface area contributed by atoms with Gasteiger partial charge in [-0.05, 0) is 62.2 Å². The van der Waals surface area contributed by atoms with Gasteiger partial charge in [0, 0.05) is 16.1 Å². The van der Waals surface area contributed by atoms with Gasteiger partial charge in [-0.15, -0.1) is 0 Å². The molecule has 0 fully saturated rings. The highest BCUT2D eigenvalue weighted by atomic mass is 35.5. The molecule has 0 aliphatic heterocycles. The van der Waals surface area contributed by atoms with Crippen molar-refractivity contribution in [1.29, 1.82) is 0 Å². The van der Waals surface area contributed by atoms with E-state index in [1.165, 1.54) is 0 Å². The number of fused-ring (bicyclic) bond motifs is 1. The van der Waals surface area contributed by atoms with Crippen LogP contribution in [0.5, 0.6) is 0 Å². The summed E-state index contributed by atoms with van der Waals surface area (Å²) in [5.74, 6) is -0.290. The molecule has 3 rings (SSSR count). The average molecular weight is 432 g/mol. The second-order valence-corrected chi connectivity index (χ2v) is 9.09. The maximum absolute atomic E-state index is 12.9. The van der Waals surface area contributed by atoms with Gasteiger partial charge in [-0.25, -0.2) is 8.42 Å². The molecule has 1 heterocycles. The maximum atomic E-state index is 12.9. The topological polar surface area (TPSA) is 88.2 Å². The minimum absolute atomic E-state index is 0.0353. The lowest BCUT2D eigenvalue weighted by atomic mass is 10.1. The Morgan fingerprint density at radius 3 is 2.55 bits per heavy atom. The van der Waals surface area contributed by atoms with Crippen LogP contribution in [0.2, 0.25) is 5.02 Å². The molecule has 0 radical (unpaired) electrons. The molecule has 2 aromatic carbocycles. The third kappa shape index (κ3) is 4.86. The van der Waals surface area contributed by atoms with Crippen molar-refractivity contribution in [2.24, 2.45) is 0 Å². The minimum atomic E-state index is -3.42. The lowest BCUT2D eigenvalue weighted by molar-refractivity contribution is 0.102. The van der Waals surface area contributed by atoms with Gasteiger partial charge in [0.25, 0.3) is 5.91 Å². The van der Waals surface area contributed by atoms with Gasteiger partial charge in [0.2, 0.25) is 10.0 Å². The zero-order valence-electron chi connectivity index (χ0n) is 16.4. The van der Waals surface area contributed by atoms with Gasteiger partial charge < -0.3 is 5.32 Å². The summed E-state index contributed by atoms with van der Waals surface area (Å²) in [6, 6.07) is 12.2. The SMILES string of the molecule is CCCS(=O)(=O)Nc1cccc(NC(=O)c2cc3cc(Cl)ccc3nc2C)c1C. The Labute approximate surface area is 175 Å². The van der Waals surface area contributed by atoms with Gasteiger partial charge in [-0.1, -0.05) is 24.6 Å². The van der Waals surface area contributed by atoms with E-state index in [0.29, 0.717) is 39.6 Å². The number of hydrogen-bond acceptors (Lipinski definition) is 4. The van der Waals surface area contributed by atoms with E-state index in [0.717, 1.165) is 10.9 Å². The molecule has 6 nitrogen and oxygen atoms in total. The van der Waals surface area contributed by atoms with E-state index in [-0.39, 0.29) is 11.7 Å². The third-order valence-electron chi connectivity index (χ3n) is 4.53. The molecule has 8 heteroatoms. The normalized spacial score (nSPS) is 11.4.